The first-order valence-electron chi connectivity index (χ1n) is 7.02. The summed E-state index contributed by atoms with van der Waals surface area (Å²) in [6.07, 6.45) is 2.94. The second-order valence-electron chi connectivity index (χ2n) is 5.60. The number of hydrogen-bond acceptors (Lipinski definition) is 3. The predicted molar refractivity (Wildman–Crippen MR) is 83.0 cm³/mol. The summed E-state index contributed by atoms with van der Waals surface area (Å²) in [5.74, 6) is 0.0470. The number of hydrogen-bond donors (Lipinski definition) is 1. The lowest BCUT2D eigenvalue weighted by Crippen LogP contribution is -2.38. The Kier molecular flexibility index (Phi) is 3.59. The number of aromatic nitrogens is 1. The normalized spacial score (nSPS) is 20.7. The van der Waals surface area contributed by atoms with Gasteiger partial charge in [0.1, 0.15) is 0 Å². The van der Waals surface area contributed by atoms with Crippen molar-refractivity contribution in [2.75, 3.05) is 19.3 Å². The molecule has 2 heterocycles. The molecule has 1 N–H and O–H groups in total. The maximum Gasteiger partial charge on any atom is 0.256 e. The van der Waals surface area contributed by atoms with Crippen molar-refractivity contribution in [3.63, 3.8) is 0 Å². The Morgan fingerprint density at radius 2 is 2.05 bits per heavy atom. The SMILES string of the molecule is CS(=O)(=O)N1CCCC(c2cc3ccccc3c(=O)[nH]2)C1. The number of benzene rings is 1. The molecule has 0 saturated carbocycles. The predicted octanol–water partition coefficient (Wildman–Crippen LogP) is 1.67. The zero-order valence-electron chi connectivity index (χ0n) is 11.9. The highest BCUT2D eigenvalue weighted by Crippen LogP contribution is 2.27. The summed E-state index contributed by atoms with van der Waals surface area (Å²) in [6, 6.07) is 9.40. The van der Waals surface area contributed by atoms with Crippen LogP contribution in [0.5, 0.6) is 0 Å². The fourth-order valence-corrected chi connectivity index (χ4v) is 3.86. The fraction of sp³-hybridized carbons (Fsp3) is 0.400. The summed E-state index contributed by atoms with van der Waals surface area (Å²) in [5, 5.41) is 1.56. The molecule has 112 valence electrons. The van der Waals surface area contributed by atoms with Gasteiger partial charge >= 0.3 is 0 Å². The van der Waals surface area contributed by atoms with E-state index in [0.717, 1.165) is 23.9 Å². The summed E-state index contributed by atoms with van der Waals surface area (Å²) < 4.78 is 24.9. The van der Waals surface area contributed by atoms with Crippen LogP contribution in [0.15, 0.2) is 35.1 Å². The van der Waals surface area contributed by atoms with Crippen molar-refractivity contribution < 1.29 is 8.42 Å². The van der Waals surface area contributed by atoms with Crippen LogP contribution in [0.3, 0.4) is 0 Å². The van der Waals surface area contributed by atoms with Crippen LogP contribution >= 0.6 is 0 Å². The second-order valence-corrected chi connectivity index (χ2v) is 7.58. The molecule has 3 rings (SSSR count). The van der Waals surface area contributed by atoms with Crippen molar-refractivity contribution in [2.24, 2.45) is 0 Å². The largest absolute Gasteiger partial charge is 0.325 e. The van der Waals surface area contributed by atoms with Crippen molar-refractivity contribution in [1.29, 1.82) is 0 Å². The Morgan fingerprint density at radius 3 is 2.81 bits per heavy atom. The van der Waals surface area contributed by atoms with Gasteiger partial charge in [0.25, 0.3) is 5.56 Å². The number of sulfonamides is 1. The molecule has 2 aromatic rings. The third-order valence-electron chi connectivity index (χ3n) is 4.07. The van der Waals surface area contributed by atoms with Gasteiger partial charge in [0.05, 0.1) is 6.26 Å². The first-order valence-corrected chi connectivity index (χ1v) is 8.87. The van der Waals surface area contributed by atoms with Crippen LogP contribution in [0.25, 0.3) is 10.8 Å². The van der Waals surface area contributed by atoms with E-state index in [1.54, 1.807) is 6.07 Å². The Hall–Kier alpha value is -1.66. The van der Waals surface area contributed by atoms with Gasteiger partial charge in [0.2, 0.25) is 10.0 Å². The summed E-state index contributed by atoms with van der Waals surface area (Å²) in [5.41, 5.74) is 0.714. The molecule has 1 aromatic heterocycles. The van der Waals surface area contributed by atoms with E-state index in [0.29, 0.717) is 18.5 Å². The zero-order valence-corrected chi connectivity index (χ0v) is 12.7. The van der Waals surface area contributed by atoms with E-state index in [9.17, 15) is 13.2 Å². The molecule has 0 amide bonds. The molecule has 21 heavy (non-hydrogen) atoms. The molecule has 1 saturated heterocycles. The molecule has 1 atom stereocenters. The maximum absolute atomic E-state index is 12.1. The molecule has 1 aromatic carbocycles. The lowest BCUT2D eigenvalue weighted by atomic mass is 9.94. The highest BCUT2D eigenvalue weighted by molar-refractivity contribution is 7.88. The molecule has 0 spiro atoms. The number of rotatable bonds is 2. The molecule has 0 bridgehead atoms. The van der Waals surface area contributed by atoms with Crippen molar-refractivity contribution in [3.05, 3.63) is 46.4 Å². The molecule has 0 aliphatic carbocycles. The quantitative estimate of drug-likeness (QED) is 0.917. The van der Waals surface area contributed by atoms with E-state index < -0.39 is 10.0 Å². The number of nitrogens with one attached hydrogen (secondary N) is 1. The summed E-state index contributed by atoms with van der Waals surface area (Å²) in [4.78, 5) is 15.0. The Morgan fingerprint density at radius 1 is 1.29 bits per heavy atom. The topological polar surface area (TPSA) is 70.2 Å². The van der Waals surface area contributed by atoms with Crippen molar-refractivity contribution in [3.8, 4) is 0 Å². The number of nitrogens with zero attached hydrogens (tertiary/aromatic N) is 1. The van der Waals surface area contributed by atoms with Crippen LogP contribution in [0, 0.1) is 0 Å². The minimum atomic E-state index is -3.18. The van der Waals surface area contributed by atoms with Gasteiger partial charge in [-0.25, -0.2) is 12.7 Å². The first-order chi connectivity index (χ1) is 9.95. The average molecular weight is 306 g/mol. The van der Waals surface area contributed by atoms with E-state index in [-0.39, 0.29) is 11.5 Å². The smallest absolute Gasteiger partial charge is 0.256 e. The van der Waals surface area contributed by atoms with Crippen LogP contribution < -0.4 is 5.56 Å². The molecular weight excluding hydrogens is 288 g/mol. The van der Waals surface area contributed by atoms with Crippen LogP contribution in [0.1, 0.15) is 24.5 Å². The molecule has 1 fully saturated rings. The molecule has 1 unspecified atom stereocenters. The standard InChI is InChI=1S/C15H18N2O3S/c1-21(19,20)17-8-4-6-12(10-17)14-9-11-5-2-3-7-13(11)15(18)16-14/h2-3,5,7,9,12H,4,6,8,10H2,1H3,(H,16,18). The molecule has 0 radical (unpaired) electrons. The van der Waals surface area contributed by atoms with Gasteiger partial charge < -0.3 is 4.98 Å². The van der Waals surface area contributed by atoms with Crippen LogP contribution in [-0.4, -0.2) is 37.1 Å². The minimum Gasteiger partial charge on any atom is -0.325 e. The monoisotopic (exact) mass is 306 g/mol. The van der Waals surface area contributed by atoms with Crippen molar-refractivity contribution >= 4 is 20.8 Å². The summed E-state index contributed by atoms with van der Waals surface area (Å²) in [6.45, 7) is 1.00. The van der Waals surface area contributed by atoms with E-state index in [1.165, 1.54) is 10.6 Å². The van der Waals surface area contributed by atoms with Gasteiger partial charge in [-0.05, 0) is 30.4 Å². The molecule has 6 heteroatoms. The molecular formula is C15H18N2O3S. The Balaban J connectivity index is 1.99. The summed E-state index contributed by atoms with van der Waals surface area (Å²) >= 11 is 0. The van der Waals surface area contributed by atoms with E-state index in [4.69, 9.17) is 0 Å². The Bertz CT molecular complexity index is 826. The highest BCUT2D eigenvalue weighted by Gasteiger charge is 2.27. The number of pyridine rings is 1. The number of piperidine rings is 1. The number of H-pyrrole nitrogens is 1. The van der Waals surface area contributed by atoms with Crippen LogP contribution in [0.2, 0.25) is 0 Å². The third-order valence-corrected chi connectivity index (χ3v) is 5.34. The minimum absolute atomic E-state index is 0.0470. The van der Waals surface area contributed by atoms with Crippen LogP contribution in [0.4, 0.5) is 0 Å². The molecule has 1 aliphatic rings. The Labute approximate surface area is 123 Å². The van der Waals surface area contributed by atoms with E-state index in [1.807, 2.05) is 24.3 Å². The van der Waals surface area contributed by atoms with Crippen LogP contribution in [-0.2, 0) is 10.0 Å². The first kappa shape index (κ1) is 14.3. The zero-order chi connectivity index (χ0) is 15.0. The fourth-order valence-electron chi connectivity index (χ4n) is 2.95. The van der Waals surface area contributed by atoms with E-state index >= 15 is 0 Å². The van der Waals surface area contributed by atoms with Gasteiger partial charge in [-0.1, -0.05) is 18.2 Å². The number of fused-ring (bicyclic) bond motifs is 1. The molecule has 1 aliphatic heterocycles. The van der Waals surface area contributed by atoms with Gasteiger partial charge in [-0.3, -0.25) is 4.79 Å². The van der Waals surface area contributed by atoms with E-state index in [2.05, 4.69) is 4.98 Å². The summed E-state index contributed by atoms with van der Waals surface area (Å²) in [7, 11) is -3.18. The van der Waals surface area contributed by atoms with Gasteiger partial charge in [-0.15, -0.1) is 0 Å². The van der Waals surface area contributed by atoms with Crippen molar-refractivity contribution in [2.45, 2.75) is 18.8 Å². The average Bonchev–Trinajstić information content (AvgIpc) is 2.46. The highest BCUT2D eigenvalue weighted by atomic mass is 32.2. The maximum atomic E-state index is 12.1. The van der Waals surface area contributed by atoms with Gasteiger partial charge in [0.15, 0.2) is 0 Å². The number of aromatic amines is 1. The lowest BCUT2D eigenvalue weighted by Gasteiger charge is -2.30. The van der Waals surface area contributed by atoms with Gasteiger partial charge in [-0.2, -0.15) is 0 Å². The van der Waals surface area contributed by atoms with Gasteiger partial charge in [0, 0.05) is 30.1 Å². The molecule has 5 nitrogen and oxygen atoms in total. The van der Waals surface area contributed by atoms with Crippen molar-refractivity contribution in [1.82, 2.24) is 9.29 Å². The second kappa shape index (κ2) is 5.27. The third kappa shape index (κ3) is 2.87. The lowest BCUT2D eigenvalue weighted by molar-refractivity contribution is 0.314.